The third kappa shape index (κ3) is 2.98. The van der Waals surface area contributed by atoms with Crippen molar-refractivity contribution >= 4 is 11.6 Å². The Morgan fingerprint density at radius 3 is 2.78 bits per heavy atom. The van der Waals surface area contributed by atoms with Crippen LogP contribution in [0.4, 0.5) is 5.69 Å². The van der Waals surface area contributed by atoms with Crippen LogP contribution < -0.4 is 5.32 Å². The van der Waals surface area contributed by atoms with Crippen LogP contribution in [0.25, 0.3) is 0 Å². The Morgan fingerprint density at radius 1 is 1.56 bits per heavy atom. The summed E-state index contributed by atoms with van der Waals surface area (Å²) in [7, 11) is 1.69. The Morgan fingerprint density at radius 2 is 2.22 bits per heavy atom. The molecule has 0 radical (unpaired) electrons. The summed E-state index contributed by atoms with van der Waals surface area (Å²) >= 11 is 0. The van der Waals surface area contributed by atoms with E-state index in [2.05, 4.69) is 10.3 Å². The van der Waals surface area contributed by atoms with Gasteiger partial charge in [0.05, 0.1) is 29.6 Å². The predicted molar refractivity (Wildman–Crippen MR) is 71.7 cm³/mol. The molecule has 0 saturated heterocycles. The standard InChI is InChI=1S/C13H21N3O2/c1-5-15-11-8-14-7-6-10(11)12(18)16(4)13(2,3)9-17/h6-8,15,17H,5,9H2,1-4H3. The van der Waals surface area contributed by atoms with Crippen LogP contribution in [-0.4, -0.2) is 46.6 Å². The van der Waals surface area contributed by atoms with Gasteiger partial charge in [-0.25, -0.2) is 0 Å². The van der Waals surface area contributed by atoms with E-state index < -0.39 is 5.54 Å². The van der Waals surface area contributed by atoms with Gasteiger partial charge in [-0.15, -0.1) is 0 Å². The summed E-state index contributed by atoms with van der Waals surface area (Å²) in [4.78, 5) is 17.9. The van der Waals surface area contributed by atoms with Gasteiger partial charge in [0.2, 0.25) is 0 Å². The summed E-state index contributed by atoms with van der Waals surface area (Å²) in [6, 6.07) is 1.68. The molecule has 0 aliphatic rings. The molecule has 2 N–H and O–H groups in total. The zero-order valence-corrected chi connectivity index (χ0v) is 11.4. The van der Waals surface area contributed by atoms with Gasteiger partial charge in [-0.1, -0.05) is 0 Å². The first kappa shape index (κ1) is 14.4. The number of aliphatic hydroxyl groups excluding tert-OH is 1. The van der Waals surface area contributed by atoms with E-state index in [0.29, 0.717) is 11.3 Å². The molecule has 1 aromatic rings. The summed E-state index contributed by atoms with van der Waals surface area (Å²) in [5.41, 5.74) is 0.686. The molecule has 0 aromatic carbocycles. The van der Waals surface area contributed by atoms with Crippen molar-refractivity contribution in [2.45, 2.75) is 26.3 Å². The van der Waals surface area contributed by atoms with Crippen molar-refractivity contribution in [3.8, 4) is 0 Å². The number of nitrogens with zero attached hydrogens (tertiary/aromatic N) is 2. The van der Waals surface area contributed by atoms with Crippen molar-refractivity contribution in [2.24, 2.45) is 0 Å². The van der Waals surface area contributed by atoms with E-state index >= 15 is 0 Å². The van der Waals surface area contributed by atoms with E-state index in [-0.39, 0.29) is 12.5 Å². The van der Waals surface area contributed by atoms with E-state index in [4.69, 9.17) is 0 Å². The fraction of sp³-hybridized carbons (Fsp3) is 0.538. The SMILES string of the molecule is CCNc1cnccc1C(=O)N(C)C(C)(C)CO. The summed E-state index contributed by atoms with van der Waals surface area (Å²) in [6.45, 7) is 6.23. The number of likely N-dealkylation sites (N-methyl/N-ethyl adjacent to an activating group) is 1. The van der Waals surface area contributed by atoms with Gasteiger partial charge >= 0.3 is 0 Å². The summed E-state index contributed by atoms with van der Waals surface area (Å²) in [5.74, 6) is -0.132. The minimum atomic E-state index is -0.593. The molecule has 1 rings (SSSR count). The largest absolute Gasteiger partial charge is 0.394 e. The first-order valence-corrected chi connectivity index (χ1v) is 6.01. The Bertz CT molecular complexity index is 418. The maximum absolute atomic E-state index is 12.4. The second kappa shape index (κ2) is 5.82. The minimum Gasteiger partial charge on any atom is -0.394 e. The number of rotatable bonds is 5. The summed E-state index contributed by atoms with van der Waals surface area (Å²) in [6.07, 6.45) is 3.23. The molecule has 0 atom stereocenters. The van der Waals surface area contributed by atoms with Gasteiger partial charge in [-0.05, 0) is 26.8 Å². The van der Waals surface area contributed by atoms with Gasteiger partial charge in [0.1, 0.15) is 0 Å². The number of aliphatic hydroxyl groups is 1. The lowest BCUT2D eigenvalue weighted by Crippen LogP contribution is -2.47. The molecule has 1 heterocycles. The summed E-state index contributed by atoms with van der Waals surface area (Å²) in [5, 5.41) is 12.4. The average molecular weight is 251 g/mol. The predicted octanol–water partition coefficient (Wildman–Crippen LogP) is 1.36. The van der Waals surface area contributed by atoms with Crippen LogP contribution in [0.1, 0.15) is 31.1 Å². The van der Waals surface area contributed by atoms with Crippen molar-refractivity contribution in [3.05, 3.63) is 24.0 Å². The second-order valence-corrected chi connectivity index (χ2v) is 4.79. The Kier molecular flexibility index (Phi) is 4.67. The maximum atomic E-state index is 12.4. The molecule has 5 nitrogen and oxygen atoms in total. The van der Waals surface area contributed by atoms with Crippen LogP contribution in [-0.2, 0) is 0 Å². The highest BCUT2D eigenvalue weighted by Crippen LogP contribution is 2.20. The number of aromatic nitrogens is 1. The molecule has 0 bridgehead atoms. The van der Waals surface area contributed by atoms with Crippen LogP contribution in [0, 0.1) is 0 Å². The molecular weight excluding hydrogens is 230 g/mol. The second-order valence-electron chi connectivity index (χ2n) is 4.79. The number of carbonyl (C=O) groups excluding carboxylic acids is 1. The minimum absolute atomic E-state index is 0.0864. The summed E-state index contributed by atoms with van der Waals surface area (Å²) < 4.78 is 0. The fourth-order valence-electron chi connectivity index (χ4n) is 1.47. The average Bonchev–Trinajstić information content (AvgIpc) is 2.38. The first-order valence-electron chi connectivity index (χ1n) is 6.01. The van der Waals surface area contributed by atoms with Gasteiger partial charge < -0.3 is 15.3 Å². The highest BCUT2D eigenvalue weighted by atomic mass is 16.3. The van der Waals surface area contributed by atoms with Crippen LogP contribution in [0.3, 0.4) is 0 Å². The zero-order valence-electron chi connectivity index (χ0n) is 11.4. The number of hydrogen-bond acceptors (Lipinski definition) is 4. The molecule has 5 heteroatoms. The lowest BCUT2D eigenvalue weighted by atomic mass is 10.0. The molecule has 1 amide bonds. The molecule has 0 fully saturated rings. The van der Waals surface area contributed by atoms with Gasteiger partial charge in [-0.3, -0.25) is 9.78 Å². The highest BCUT2D eigenvalue weighted by molar-refractivity contribution is 5.99. The van der Waals surface area contributed by atoms with Crippen molar-refractivity contribution in [1.82, 2.24) is 9.88 Å². The van der Waals surface area contributed by atoms with Gasteiger partial charge in [0.25, 0.3) is 5.91 Å². The fourth-order valence-corrected chi connectivity index (χ4v) is 1.47. The number of anilines is 1. The van der Waals surface area contributed by atoms with E-state index in [9.17, 15) is 9.90 Å². The zero-order chi connectivity index (χ0) is 13.8. The van der Waals surface area contributed by atoms with E-state index in [1.165, 1.54) is 0 Å². The molecular formula is C13H21N3O2. The smallest absolute Gasteiger partial charge is 0.256 e. The first-order chi connectivity index (χ1) is 8.44. The quantitative estimate of drug-likeness (QED) is 0.829. The van der Waals surface area contributed by atoms with Crippen LogP contribution >= 0.6 is 0 Å². The van der Waals surface area contributed by atoms with Crippen molar-refractivity contribution < 1.29 is 9.90 Å². The lowest BCUT2D eigenvalue weighted by molar-refractivity contribution is 0.0474. The van der Waals surface area contributed by atoms with E-state index in [1.54, 1.807) is 30.4 Å². The number of carbonyl (C=O) groups is 1. The number of hydrogen-bond donors (Lipinski definition) is 2. The van der Waals surface area contributed by atoms with E-state index in [1.807, 2.05) is 20.8 Å². The number of nitrogens with one attached hydrogen (secondary N) is 1. The maximum Gasteiger partial charge on any atom is 0.256 e. The van der Waals surface area contributed by atoms with Gasteiger partial charge in [-0.2, -0.15) is 0 Å². The molecule has 0 aliphatic carbocycles. The Balaban J connectivity index is 3.04. The van der Waals surface area contributed by atoms with Crippen molar-refractivity contribution in [2.75, 3.05) is 25.5 Å². The van der Waals surface area contributed by atoms with Gasteiger partial charge in [0.15, 0.2) is 0 Å². The topological polar surface area (TPSA) is 65.5 Å². The third-order valence-corrected chi connectivity index (χ3v) is 3.02. The van der Waals surface area contributed by atoms with Crippen molar-refractivity contribution in [3.63, 3.8) is 0 Å². The third-order valence-electron chi connectivity index (χ3n) is 3.02. The van der Waals surface area contributed by atoms with Crippen LogP contribution in [0.15, 0.2) is 18.5 Å². The monoisotopic (exact) mass is 251 g/mol. The molecule has 0 unspecified atom stereocenters. The number of amides is 1. The van der Waals surface area contributed by atoms with Crippen LogP contribution in [0.5, 0.6) is 0 Å². The van der Waals surface area contributed by atoms with Gasteiger partial charge in [0, 0.05) is 19.8 Å². The Labute approximate surface area is 108 Å². The lowest BCUT2D eigenvalue weighted by Gasteiger charge is -2.34. The van der Waals surface area contributed by atoms with E-state index in [0.717, 1.165) is 6.54 Å². The molecule has 1 aromatic heterocycles. The Hall–Kier alpha value is -1.62. The number of pyridine rings is 1. The molecule has 0 aliphatic heterocycles. The molecule has 18 heavy (non-hydrogen) atoms. The van der Waals surface area contributed by atoms with Crippen molar-refractivity contribution in [1.29, 1.82) is 0 Å². The molecule has 0 saturated carbocycles. The normalized spacial score (nSPS) is 11.2. The molecule has 100 valence electrons. The molecule has 0 spiro atoms. The van der Waals surface area contributed by atoms with Crippen LogP contribution in [0.2, 0.25) is 0 Å². The highest BCUT2D eigenvalue weighted by Gasteiger charge is 2.28.